The molecular formula is C11H15NO2. The molecule has 1 aromatic carbocycles. The molecule has 0 aliphatic carbocycles. The van der Waals surface area contributed by atoms with Crippen LogP contribution in [0.3, 0.4) is 0 Å². The summed E-state index contributed by atoms with van der Waals surface area (Å²) in [5, 5.41) is 12.6. The Bertz CT molecular complexity index is 321. The van der Waals surface area contributed by atoms with Crippen LogP contribution in [0.1, 0.15) is 23.6 Å². The fraction of sp³-hybridized carbons (Fsp3) is 0.455. The van der Waals surface area contributed by atoms with Gasteiger partial charge in [-0.25, -0.2) is 0 Å². The molecule has 0 spiro atoms. The van der Waals surface area contributed by atoms with Gasteiger partial charge in [0.1, 0.15) is 5.75 Å². The van der Waals surface area contributed by atoms with E-state index in [9.17, 15) is 5.11 Å². The van der Waals surface area contributed by atoms with Gasteiger partial charge in [-0.3, -0.25) is 0 Å². The van der Waals surface area contributed by atoms with Crippen LogP contribution in [0.15, 0.2) is 18.2 Å². The van der Waals surface area contributed by atoms with Gasteiger partial charge in [0.05, 0.1) is 13.7 Å². The summed E-state index contributed by atoms with van der Waals surface area (Å²) in [5.41, 5.74) is 2.07. The number of aliphatic hydroxyl groups is 1. The van der Waals surface area contributed by atoms with E-state index in [1.54, 1.807) is 7.11 Å². The first-order valence-corrected chi connectivity index (χ1v) is 4.87. The Morgan fingerprint density at radius 3 is 2.86 bits per heavy atom. The summed E-state index contributed by atoms with van der Waals surface area (Å²) in [6, 6.07) is 6.29. The molecule has 1 atom stereocenters. The summed E-state index contributed by atoms with van der Waals surface area (Å²) in [4.78, 5) is 0. The van der Waals surface area contributed by atoms with Gasteiger partial charge in [0.25, 0.3) is 0 Å². The van der Waals surface area contributed by atoms with Crippen molar-refractivity contribution in [1.82, 2.24) is 5.32 Å². The monoisotopic (exact) mass is 193 g/mol. The molecule has 0 aromatic heterocycles. The highest BCUT2D eigenvalue weighted by atomic mass is 16.5. The van der Waals surface area contributed by atoms with Crippen molar-refractivity contribution in [1.29, 1.82) is 0 Å². The zero-order valence-electron chi connectivity index (χ0n) is 8.29. The van der Waals surface area contributed by atoms with E-state index in [1.807, 2.05) is 18.2 Å². The summed E-state index contributed by atoms with van der Waals surface area (Å²) >= 11 is 0. The molecule has 14 heavy (non-hydrogen) atoms. The van der Waals surface area contributed by atoms with E-state index in [-0.39, 0.29) is 6.61 Å². The third kappa shape index (κ3) is 1.49. The fourth-order valence-electron chi connectivity index (χ4n) is 1.82. The van der Waals surface area contributed by atoms with Gasteiger partial charge in [-0.15, -0.1) is 0 Å². The first kappa shape index (κ1) is 9.49. The van der Waals surface area contributed by atoms with Crippen LogP contribution >= 0.6 is 0 Å². The number of benzene rings is 1. The third-order valence-corrected chi connectivity index (χ3v) is 2.75. The highest BCUT2D eigenvalue weighted by Gasteiger charge is 2.22. The van der Waals surface area contributed by atoms with Crippen LogP contribution in [0.5, 0.6) is 5.75 Å². The van der Waals surface area contributed by atoms with Crippen LogP contribution in [0.2, 0.25) is 0 Å². The lowest BCUT2D eigenvalue weighted by Crippen LogP contribution is -2.35. The molecule has 3 nitrogen and oxygen atoms in total. The molecule has 76 valence electrons. The average Bonchev–Trinajstić information content (AvgIpc) is 2.15. The van der Waals surface area contributed by atoms with Gasteiger partial charge in [-0.1, -0.05) is 12.1 Å². The van der Waals surface area contributed by atoms with Crippen LogP contribution in [0.25, 0.3) is 0 Å². The quantitative estimate of drug-likeness (QED) is 0.758. The molecule has 0 bridgehead atoms. The number of methoxy groups -OCH3 is 1. The van der Waals surface area contributed by atoms with Crippen molar-refractivity contribution >= 4 is 0 Å². The number of hydrogen-bond donors (Lipinski definition) is 2. The Balaban J connectivity index is 2.36. The largest absolute Gasteiger partial charge is 0.496 e. The van der Waals surface area contributed by atoms with Crippen molar-refractivity contribution in [2.75, 3.05) is 13.7 Å². The van der Waals surface area contributed by atoms with Crippen LogP contribution < -0.4 is 10.1 Å². The van der Waals surface area contributed by atoms with Crippen molar-refractivity contribution in [3.05, 3.63) is 29.3 Å². The van der Waals surface area contributed by atoms with E-state index in [1.165, 1.54) is 0 Å². The zero-order chi connectivity index (χ0) is 9.97. The lowest BCUT2D eigenvalue weighted by atomic mass is 9.93. The van der Waals surface area contributed by atoms with Crippen molar-refractivity contribution < 1.29 is 9.84 Å². The molecule has 3 heteroatoms. The van der Waals surface area contributed by atoms with Crippen LogP contribution in [0.4, 0.5) is 0 Å². The lowest BCUT2D eigenvalue weighted by molar-refractivity contribution is 0.267. The molecule has 1 fully saturated rings. The van der Waals surface area contributed by atoms with Crippen molar-refractivity contribution in [3.63, 3.8) is 0 Å². The van der Waals surface area contributed by atoms with E-state index in [4.69, 9.17) is 4.74 Å². The van der Waals surface area contributed by atoms with Crippen LogP contribution in [0, 0.1) is 0 Å². The van der Waals surface area contributed by atoms with Crippen molar-refractivity contribution in [2.45, 2.75) is 19.1 Å². The second kappa shape index (κ2) is 3.98. The first-order valence-electron chi connectivity index (χ1n) is 4.87. The molecular weight excluding hydrogens is 178 g/mol. The highest BCUT2D eigenvalue weighted by molar-refractivity contribution is 5.42. The predicted octanol–water partition coefficient (Wildman–Crippen LogP) is 1.22. The summed E-state index contributed by atoms with van der Waals surface area (Å²) in [6.07, 6.45) is 1.14. The van der Waals surface area contributed by atoms with Crippen molar-refractivity contribution in [2.24, 2.45) is 0 Å². The molecule has 1 aliphatic heterocycles. The Hall–Kier alpha value is -1.06. The highest BCUT2D eigenvalue weighted by Crippen LogP contribution is 2.31. The standard InChI is InChI=1S/C11H15NO2/c1-14-11-4-2-3-8(9(11)7-13)10-5-6-12-10/h2-4,10,12-13H,5-7H2,1H3/t10-/m0/s1. The van der Waals surface area contributed by atoms with E-state index >= 15 is 0 Å². The zero-order valence-corrected chi connectivity index (χ0v) is 8.29. The second-order valence-electron chi connectivity index (χ2n) is 3.48. The molecule has 1 saturated heterocycles. The molecule has 0 amide bonds. The van der Waals surface area contributed by atoms with Gasteiger partial charge in [0.2, 0.25) is 0 Å². The lowest BCUT2D eigenvalue weighted by Gasteiger charge is -2.30. The number of rotatable bonds is 3. The molecule has 0 saturated carbocycles. The average molecular weight is 193 g/mol. The number of nitrogens with one attached hydrogen (secondary N) is 1. The van der Waals surface area contributed by atoms with Crippen LogP contribution in [-0.2, 0) is 6.61 Å². The van der Waals surface area contributed by atoms with Gasteiger partial charge in [0, 0.05) is 11.6 Å². The topological polar surface area (TPSA) is 41.5 Å². The third-order valence-electron chi connectivity index (χ3n) is 2.75. The minimum Gasteiger partial charge on any atom is -0.496 e. The summed E-state index contributed by atoms with van der Waals surface area (Å²) in [6.45, 7) is 1.10. The SMILES string of the molecule is COc1cccc([C@@H]2CCN2)c1CO. The smallest absolute Gasteiger partial charge is 0.124 e. The van der Waals surface area contributed by atoms with Gasteiger partial charge in [-0.05, 0) is 24.6 Å². The Morgan fingerprint density at radius 1 is 1.57 bits per heavy atom. The van der Waals surface area contributed by atoms with Crippen molar-refractivity contribution in [3.8, 4) is 5.75 Å². The van der Waals surface area contributed by atoms with E-state index in [2.05, 4.69) is 5.32 Å². The minimum absolute atomic E-state index is 0.0392. The normalized spacial score (nSPS) is 20.3. The maximum Gasteiger partial charge on any atom is 0.124 e. The molecule has 1 aliphatic rings. The molecule has 1 aromatic rings. The van der Waals surface area contributed by atoms with Gasteiger partial charge in [-0.2, -0.15) is 0 Å². The summed E-state index contributed by atoms with van der Waals surface area (Å²) < 4.78 is 5.21. The molecule has 2 rings (SSSR count). The summed E-state index contributed by atoms with van der Waals surface area (Å²) in [5.74, 6) is 0.777. The number of ether oxygens (including phenoxy) is 1. The van der Waals surface area contributed by atoms with Crippen LogP contribution in [-0.4, -0.2) is 18.8 Å². The maximum atomic E-state index is 9.29. The first-order chi connectivity index (χ1) is 6.86. The number of hydrogen-bond acceptors (Lipinski definition) is 3. The molecule has 2 N–H and O–H groups in total. The molecule has 0 radical (unpaired) electrons. The Kier molecular flexibility index (Phi) is 2.70. The van der Waals surface area contributed by atoms with Gasteiger partial charge < -0.3 is 15.2 Å². The Morgan fingerprint density at radius 2 is 2.36 bits per heavy atom. The fourth-order valence-corrected chi connectivity index (χ4v) is 1.82. The summed E-state index contributed by atoms with van der Waals surface area (Å²) in [7, 11) is 1.63. The Labute approximate surface area is 83.7 Å². The van der Waals surface area contributed by atoms with Gasteiger partial charge >= 0.3 is 0 Å². The van der Waals surface area contributed by atoms with E-state index in [0.717, 1.165) is 29.8 Å². The van der Waals surface area contributed by atoms with E-state index in [0.29, 0.717) is 6.04 Å². The minimum atomic E-state index is 0.0392. The van der Waals surface area contributed by atoms with Gasteiger partial charge in [0.15, 0.2) is 0 Å². The molecule has 0 unspecified atom stereocenters. The maximum absolute atomic E-state index is 9.29. The predicted molar refractivity (Wildman–Crippen MR) is 54.3 cm³/mol. The van der Waals surface area contributed by atoms with E-state index < -0.39 is 0 Å². The molecule has 1 heterocycles. The number of aliphatic hydroxyl groups excluding tert-OH is 1. The second-order valence-corrected chi connectivity index (χ2v) is 3.48.